The Morgan fingerprint density at radius 2 is 1.97 bits per heavy atom. The zero-order valence-corrected chi connectivity index (χ0v) is 17.2. The quantitative estimate of drug-likeness (QED) is 0.629. The van der Waals surface area contributed by atoms with Crippen LogP contribution >= 0.6 is 0 Å². The lowest BCUT2D eigenvalue weighted by Gasteiger charge is -2.35. The molecule has 0 bridgehead atoms. The standard InChI is InChI=1S/C24H24F2N2O3/c1-14-20(18-9-4-10-19(26)21(18)24(31)28(14)11-12-29)23(30)27-22(15-5-2-6-15)16-7-3-8-17(25)13-16/h3-4,7-10,13,15,22,29H,2,5-6,11-12H2,1H3,(H,27,30). The molecule has 1 saturated carbocycles. The van der Waals surface area contributed by atoms with Gasteiger partial charge < -0.3 is 15.0 Å². The van der Waals surface area contributed by atoms with E-state index in [4.69, 9.17) is 0 Å². The molecule has 1 unspecified atom stereocenters. The van der Waals surface area contributed by atoms with Gasteiger partial charge in [0.15, 0.2) is 0 Å². The summed E-state index contributed by atoms with van der Waals surface area (Å²) in [5.41, 5.74) is 0.622. The maximum absolute atomic E-state index is 14.6. The van der Waals surface area contributed by atoms with E-state index in [0.29, 0.717) is 11.3 Å². The minimum atomic E-state index is -0.719. The van der Waals surface area contributed by atoms with Crippen molar-refractivity contribution in [1.29, 1.82) is 0 Å². The number of halogens is 2. The molecule has 0 aliphatic heterocycles. The maximum Gasteiger partial charge on any atom is 0.261 e. The first-order chi connectivity index (χ1) is 14.9. The molecule has 1 heterocycles. The Kier molecular flexibility index (Phi) is 5.87. The fourth-order valence-corrected chi connectivity index (χ4v) is 4.38. The van der Waals surface area contributed by atoms with E-state index >= 15 is 0 Å². The summed E-state index contributed by atoms with van der Waals surface area (Å²) < 4.78 is 29.6. The highest BCUT2D eigenvalue weighted by atomic mass is 19.1. The number of carbonyl (C=O) groups is 1. The van der Waals surface area contributed by atoms with Crippen LogP contribution in [-0.4, -0.2) is 22.2 Å². The van der Waals surface area contributed by atoms with Crippen molar-refractivity contribution in [1.82, 2.24) is 9.88 Å². The van der Waals surface area contributed by atoms with E-state index in [1.165, 1.54) is 28.8 Å². The molecule has 7 heteroatoms. The lowest BCUT2D eigenvalue weighted by Crippen LogP contribution is -2.38. The Balaban J connectivity index is 1.83. The van der Waals surface area contributed by atoms with Crippen molar-refractivity contribution in [2.24, 2.45) is 5.92 Å². The van der Waals surface area contributed by atoms with Gasteiger partial charge in [0.1, 0.15) is 11.6 Å². The van der Waals surface area contributed by atoms with Crippen LogP contribution < -0.4 is 10.9 Å². The molecular weight excluding hydrogens is 402 g/mol. The normalized spacial score (nSPS) is 15.0. The van der Waals surface area contributed by atoms with Gasteiger partial charge in [0.2, 0.25) is 0 Å². The van der Waals surface area contributed by atoms with E-state index in [2.05, 4.69) is 5.32 Å². The van der Waals surface area contributed by atoms with Crippen LogP contribution in [0.4, 0.5) is 8.78 Å². The molecule has 1 aromatic heterocycles. The fraction of sp³-hybridized carbons (Fsp3) is 0.333. The van der Waals surface area contributed by atoms with Crippen molar-refractivity contribution >= 4 is 16.7 Å². The van der Waals surface area contributed by atoms with Gasteiger partial charge in [0.25, 0.3) is 11.5 Å². The van der Waals surface area contributed by atoms with Gasteiger partial charge in [0, 0.05) is 17.6 Å². The summed E-state index contributed by atoms with van der Waals surface area (Å²) in [7, 11) is 0. The van der Waals surface area contributed by atoms with Crippen LogP contribution in [0.3, 0.4) is 0 Å². The number of benzene rings is 2. The first kappa shape index (κ1) is 21.2. The number of pyridine rings is 1. The van der Waals surface area contributed by atoms with E-state index in [0.717, 1.165) is 19.3 Å². The monoisotopic (exact) mass is 426 g/mol. The van der Waals surface area contributed by atoms with E-state index in [9.17, 15) is 23.5 Å². The SMILES string of the molecule is Cc1c(C(=O)NC(c2cccc(F)c2)C2CCC2)c2cccc(F)c2c(=O)n1CCO. The summed E-state index contributed by atoms with van der Waals surface area (Å²) in [6, 6.07) is 9.95. The third-order valence-corrected chi connectivity index (χ3v) is 6.17. The smallest absolute Gasteiger partial charge is 0.261 e. The molecular formula is C24H24F2N2O3. The van der Waals surface area contributed by atoms with Crippen LogP contribution in [0.2, 0.25) is 0 Å². The number of hydrogen-bond donors (Lipinski definition) is 2. The van der Waals surface area contributed by atoms with E-state index in [-0.39, 0.29) is 41.2 Å². The van der Waals surface area contributed by atoms with Gasteiger partial charge in [0.05, 0.1) is 23.6 Å². The molecule has 5 nitrogen and oxygen atoms in total. The fourth-order valence-electron chi connectivity index (χ4n) is 4.38. The highest BCUT2D eigenvalue weighted by molar-refractivity contribution is 6.08. The first-order valence-corrected chi connectivity index (χ1v) is 10.4. The Morgan fingerprint density at radius 1 is 1.23 bits per heavy atom. The molecule has 0 radical (unpaired) electrons. The number of nitrogens with zero attached hydrogens (tertiary/aromatic N) is 1. The molecule has 1 atom stereocenters. The molecule has 1 aliphatic rings. The summed E-state index contributed by atoms with van der Waals surface area (Å²) in [5.74, 6) is -1.38. The van der Waals surface area contributed by atoms with Gasteiger partial charge >= 0.3 is 0 Å². The lowest BCUT2D eigenvalue weighted by atomic mass is 9.77. The zero-order chi connectivity index (χ0) is 22.1. The van der Waals surface area contributed by atoms with Crippen LogP contribution in [0.15, 0.2) is 47.3 Å². The van der Waals surface area contributed by atoms with Gasteiger partial charge in [-0.25, -0.2) is 8.78 Å². The minimum absolute atomic E-state index is 0.0504. The maximum atomic E-state index is 14.6. The van der Waals surface area contributed by atoms with Crippen LogP contribution in [0.5, 0.6) is 0 Å². The molecule has 2 aromatic carbocycles. The highest BCUT2D eigenvalue weighted by Crippen LogP contribution is 2.38. The number of fused-ring (bicyclic) bond motifs is 1. The third kappa shape index (κ3) is 3.85. The molecule has 0 saturated heterocycles. The number of amides is 1. The number of rotatable bonds is 6. The molecule has 2 N–H and O–H groups in total. The predicted octanol–water partition coefficient (Wildman–Crippen LogP) is 3.85. The Morgan fingerprint density at radius 3 is 2.61 bits per heavy atom. The predicted molar refractivity (Wildman–Crippen MR) is 114 cm³/mol. The Bertz CT molecular complexity index is 1200. The number of carbonyl (C=O) groups excluding carboxylic acids is 1. The summed E-state index contributed by atoms with van der Waals surface area (Å²) in [6.07, 6.45) is 2.88. The molecule has 31 heavy (non-hydrogen) atoms. The molecule has 1 aliphatic carbocycles. The highest BCUT2D eigenvalue weighted by Gasteiger charge is 2.31. The number of aliphatic hydroxyl groups is 1. The van der Waals surface area contributed by atoms with E-state index < -0.39 is 23.3 Å². The molecule has 162 valence electrons. The minimum Gasteiger partial charge on any atom is -0.395 e. The van der Waals surface area contributed by atoms with Gasteiger partial charge in [-0.05, 0) is 49.4 Å². The van der Waals surface area contributed by atoms with Crippen molar-refractivity contribution in [3.05, 3.63) is 81.3 Å². The second kappa shape index (κ2) is 8.59. The van der Waals surface area contributed by atoms with Gasteiger partial charge in [-0.2, -0.15) is 0 Å². The average molecular weight is 426 g/mol. The van der Waals surface area contributed by atoms with Crippen LogP contribution in [0.1, 0.15) is 46.9 Å². The number of hydrogen-bond acceptors (Lipinski definition) is 3. The van der Waals surface area contributed by atoms with Crippen molar-refractivity contribution in [3.63, 3.8) is 0 Å². The zero-order valence-electron chi connectivity index (χ0n) is 17.2. The van der Waals surface area contributed by atoms with Gasteiger partial charge in [-0.15, -0.1) is 0 Å². The lowest BCUT2D eigenvalue weighted by molar-refractivity contribution is 0.0900. The van der Waals surface area contributed by atoms with Crippen LogP contribution in [0.25, 0.3) is 10.8 Å². The summed E-state index contributed by atoms with van der Waals surface area (Å²) >= 11 is 0. The van der Waals surface area contributed by atoms with Gasteiger partial charge in [-0.3, -0.25) is 9.59 Å². The van der Waals surface area contributed by atoms with Crippen LogP contribution in [0, 0.1) is 24.5 Å². The molecule has 1 fully saturated rings. The third-order valence-electron chi connectivity index (χ3n) is 6.17. The van der Waals surface area contributed by atoms with E-state index in [1.54, 1.807) is 25.1 Å². The molecule has 0 spiro atoms. The largest absolute Gasteiger partial charge is 0.395 e. The van der Waals surface area contributed by atoms with Crippen molar-refractivity contribution in [3.8, 4) is 0 Å². The molecule has 1 amide bonds. The second-order valence-corrected chi connectivity index (χ2v) is 8.00. The van der Waals surface area contributed by atoms with E-state index in [1.807, 2.05) is 0 Å². The number of aromatic nitrogens is 1. The first-order valence-electron chi connectivity index (χ1n) is 10.4. The summed E-state index contributed by atoms with van der Waals surface area (Å²) in [6.45, 7) is 1.23. The Hall–Kier alpha value is -3.06. The summed E-state index contributed by atoms with van der Waals surface area (Å²) in [4.78, 5) is 26.3. The summed E-state index contributed by atoms with van der Waals surface area (Å²) in [5, 5.41) is 12.4. The second-order valence-electron chi connectivity index (χ2n) is 8.00. The average Bonchev–Trinajstić information content (AvgIpc) is 2.69. The van der Waals surface area contributed by atoms with Gasteiger partial charge in [-0.1, -0.05) is 30.7 Å². The molecule has 3 aromatic rings. The van der Waals surface area contributed by atoms with Crippen molar-refractivity contribution < 1.29 is 18.7 Å². The molecule has 4 rings (SSSR count). The number of aliphatic hydroxyl groups excluding tert-OH is 1. The number of nitrogens with one attached hydrogen (secondary N) is 1. The van der Waals surface area contributed by atoms with Crippen molar-refractivity contribution in [2.45, 2.75) is 38.8 Å². The Labute approximate surface area is 178 Å². The van der Waals surface area contributed by atoms with Crippen molar-refractivity contribution in [2.75, 3.05) is 6.61 Å². The topological polar surface area (TPSA) is 71.3 Å². The van der Waals surface area contributed by atoms with Crippen LogP contribution in [-0.2, 0) is 6.54 Å².